The van der Waals surface area contributed by atoms with Gasteiger partial charge >= 0.3 is 0 Å². The number of halogens is 1. The first-order valence-corrected chi connectivity index (χ1v) is 6.13. The topological polar surface area (TPSA) is 21.3 Å². The van der Waals surface area contributed by atoms with Gasteiger partial charge in [0.1, 0.15) is 0 Å². The van der Waals surface area contributed by atoms with Crippen LogP contribution in [-0.4, -0.2) is 19.8 Å². The average Bonchev–Trinajstić information content (AvgIpc) is 2.25. The molecule has 2 rings (SSSR count). The number of ether oxygens (including phenoxy) is 1. The van der Waals surface area contributed by atoms with Gasteiger partial charge in [0.15, 0.2) is 0 Å². The number of hydrogen-bond donors (Lipinski definition) is 1. The quantitative estimate of drug-likeness (QED) is 0.910. The molecule has 1 aliphatic rings. The van der Waals surface area contributed by atoms with Gasteiger partial charge in [0.2, 0.25) is 0 Å². The lowest BCUT2D eigenvalue weighted by atomic mass is 9.96. The number of aryl methyl sites for hydroxylation is 1. The van der Waals surface area contributed by atoms with Gasteiger partial charge in [-0.05, 0) is 37.0 Å². The molecule has 1 aromatic carbocycles. The van der Waals surface area contributed by atoms with Crippen LogP contribution in [0.5, 0.6) is 0 Å². The molecule has 0 radical (unpaired) electrons. The van der Waals surface area contributed by atoms with E-state index in [-0.39, 0.29) is 0 Å². The normalized spacial score (nSPS) is 19.5. The Morgan fingerprint density at radius 2 is 2.40 bits per heavy atom. The van der Waals surface area contributed by atoms with Crippen molar-refractivity contribution in [2.45, 2.75) is 25.3 Å². The predicted molar refractivity (Wildman–Crippen MR) is 66.4 cm³/mol. The van der Waals surface area contributed by atoms with Gasteiger partial charge in [-0.15, -0.1) is 0 Å². The SMILES string of the molecule is COCCC1CCc2ccc(Br)cc2N1. The maximum Gasteiger partial charge on any atom is 0.0481 e. The molecule has 2 nitrogen and oxygen atoms in total. The number of benzene rings is 1. The second-order valence-corrected chi connectivity index (χ2v) is 4.88. The van der Waals surface area contributed by atoms with Crippen LogP contribution in [0.4, 0.5) is 5.69 Å². The Bertz CT molecular complexity index is 340. The fourth-order valence-electron chi connectivity index (χ4n) is 2.00. The Morgan fingerprint density at radius 3 is 3.20 bits per heavy atom. The van der Waals surface area contributed by atoms with Gasteiger partial charge in [0, 0.05) is 29.9 Å². The second kappa shape index (κ2) is 4.99. The minimum absolute atomic E-state index is 0.562. The first kappa shape index (κ1) is 11.0. The summed E-state index contributed by atoms with van der Waals surface area (Å²) >= 11 is 3.50. The Hall–Kier alpha value is -0.540. The van der Waals surface area contributed by atoms with Crippen LogP contribution in [0.25, 0.3) is 0 Å². The summed E-state index contributed by atoms with van der Waals surface area (Å²) < 4.78 is 6.25. The van der Waals surface area contributed by atoms with Gasteiger partial charge in [-0.3, -0.25) is 0 Å². The van der Waals surface area contributed by atoms with Crippen LogP contribution >= 0.6 is 15.9 Å². The highest BCUT2D eigenvalue weighted by molar-refractivity contribution is 9.10. The Kier molecular flexibility index (Phi) is 3.65. The smallest absolute Gasteiger partial charge is 0.0481 e. The van der Waals surface area contributed by atoms with Crippen molar-refractivity contribution >= 4 is 21.6 Å². The molecule has 1 unspecified atom stereocenters. The summed E-state index contributed by atoms with van der Waals surface area (Å²) in [4.78, 5) is 0. The van der Waals surface area contributed by atoms with Crippen LogP contribution in [0.15, 0.2) is 22.7 Å². The van der Waals surface area contributed by atoms with Gasteiger partial charge in [-0.25, -0.2) is 0 Å². The summed E-state index contributed by atoms with van der Waals surface area (Å²) in [5.74, 6) is 0. The molecule has 15 heavy (non-hydrogen) atoms. The molecule has 0 saturated carbocycles. The maximum absolute atomic E-state index is 5.11. The second-order valence-electron chi connectivity index (χ2n) is 3.96. The van der Waals surface area contributed by atoms with Crippen LogP contribution in [0, 0.1) is 0 Å². The number of fused-ring (bicyclic) bond motifs is 1. The minimum Gasteiger partial charge on any atom is -0.385 e. The van der Waals surface area contributed by atoms with E-state index < -0.39 is 0 Å². The zero-order chi connectivity index (χ0) is 10.7. The molecule has 0 saturated heterocycles. The van der Waals surface area contributed by atoms with Crippen molar-refractivity contribution in [1.29, 1.82) is 0 Å². The maximum atomic E-state index is 5.11. The highest BCUT2D eigenvalue weighted by Gasteiger charge is 2.17. The summed E-state index contributed by atoms with van der Waals surface area (Å²) in [6.07, 6.45) is 3.46. The van der Waals surface area contributed by atoms with E-state index in [0.29, 0.717) is 6.04 Å². The predicted octanol–water partition coefficient (Wildman–Crippen LogP) is 3.21. The lowest BCUT2D eigenvalue weighted by molar-refractivity contribution is 0.188. The van der Waals surface area contributed by atoms with E-state index in [1.165, 1.54) is 24.1 Å². The van der Waals surface area contributed by atoms with Crippen LogP contribution < -0.4 is 5.32 Å². The van der Waals surface area contributed by atoms with Gasteiger partial charge in [0.05, 0.1) is 0 Å². The summed E-state index contributed by atoms with van der Waals surface area (Å²) in [5.41, 5.74) is 2.70. The van der Waals surface area contributed by atoms with E-state index in [2.05, 4.69) is 39.4 Å². The monoisotopic (exact) mass is 269 g/mol. The van der Waals surface area contributed by atoms with E-state index >= 15 is 0 Å². The standard InChI is InChI=1S/C12H16BrNO/c1-15-7-6-11-5-3-9-2-4-10(13)8-12(9)14-11/h2,4,8,11,14H,3,5-7H2,1H3. The minimum atomic E-state index is 0.562. The Labute approximate surface area is 99.1 Å². The van der Waals surface area contributed by atoms with Crippen LogP contribution in [-0.2, 0) is 11.2 Å². The summed E-state index contributed by atoms with van der Waals surface area (Å²) in [6, 6.07) is 7.02. The van der Waals surface area contributed by atoms with Gasteiger partial charge in [0.25, 0.3) is 0 Å². The highest BCUT2D eigenvalue weighted by atomic mass is 79.9. The third-order valence-electron chi connectivity index (χ3n) is 2.86. The number of hydrogen-bond acceptors (Lipinski definition) is 2. The lowest BCUT2D eigenvalue weighted by Gasteiger charge is -2.27. The largest absolute Gasteiger partial charge is 0.385 e. The molecule has 1 N–H and O–H groups in total. The molecule has 0 bridgehead atoms. The number of rotatable bonds is 3. The van der Waals surface area contributed by atoms with E-state index in [9.17, 15) is 0 Å². The van der Waals surface area contributed by atoms with Gasteiger partial charge < -0.3 is 10.1 Å². The third kappa shape index (κ3) is 2.73. The summed E-state index contributed by atoms with van der Waals surface area (Å²) in [7, 11) is 1.76. The molecule has 1 atom stereocenters. The molecule has 1 aliphatic heterocycles. The zero-order valence-corrected chi connectivity index (χ0v) is 10.5. The molecule has 0 amide bonds. The van der Waals surface area contributed by atoms with Crippen molar-refractivity contribution in [3.63, 3.8) is 0 Å². The number of anilines is 1. The highest BCUT2D eigenvalue weighted by Crippen LogP contribution is 2.28. The number of nitrogens with one attached hydrogen (secondary N) is 1. The molecule has 0 fully saturated rings. The van der Waals surface area contributed by atoms with Crippen LogP contribution in [0.2, 0.25) is 0 Å². The van der Waals surface area contributed by atoms with E-state index in [4.69, 9.17) is 4.74 Å². The van der Waals surface area contributed by atoms with Crippen molar-refractivity contribution in [2.75, 3.05) is 19.0 Å². The number of methoxy groups -OCH3 is 1. The Balaban J connectivity index is 2.05. The van der Waals surface area contributed by atoms with Crippen molar-refractivity contribution in [1.82, 2.24) is 0 Å². The van der Waals surface area contributed by atoms with Crippen LogP contribution in [0.3, 0.4) is 0 Å². The van der Waals surface area contributed by atoms with Crippen molar-refractivity contribution in [3.05, 3.63) is 28.2 Å². The average molecular weight is 270 g/mol. The molecular formula is C12H16BrNO. The van der Waals surface area contributed by atoms with Gasteiger partial charge in [-0.1, -0.05) is 22.0 Å². The fourth-order valence-corrected chi connectivity index (χ4v) is 2.36. The molecule has 0 aromatic heterocycles. The molecule has 3 heteroatoms. The molecule has 0 spiro atoms. The molecule has 82 valence electrons. The van der Waals surface area contributed by atoms with Crippen molar-refractivity contribution in [3.8, 4) is 0 Å². The van der Waals surface area contributed by atoms with Crippen molar-refractivity contribution < 1.29 is 4.74 Å². The first-order valence-electron chi connectivity index (χ1n) is 5.33. The Morgan fingerprint density at radius 1 is 1.53 bits per heavy atom. The van der Waals surface area contributed by atoms with Crippen molar-refractivity contribution in [2.24, 2.45) is 0 Å². The van der Waals surface area contributed by atoms with E-state index in [0.717, 1.165) is 17.5 Å². The molecule has 0 aliphatic carbocycles. The van der Waals surface area contributed by atoms with Gasteiger partial charge in [-0.2, -0.15) is 0 Å². The first-order chi connectivity index (χ1) is 7.29. The van der Waals surface area contributed by atoms with E-state index in [1.807, 2.05) is 0 Å². The summed E-state index contributed by atoms with van der Waals surface area (Å²) in [6.45, 7) is 0.834. The fraction of sp³-hybridized carbons (Fsp3) is 0.500. The van der Waals surface area contributed by atoms with Crippen LogP contribution in [0.1, 0.15) is 18.4 Å². The lowest BCUT2D eigenvalue weighted by Crippen LogP contribution is -2.26. The molecular weight excluding hydrogens is 254 g/mol. The third-order valence-corrected chi connectivity index (χ3v) is 3.36. The summed E-state index contributed by atoms with van der Waals surface area (Å²) in [5, 5.41) is 3.56. The zero-order valence-electron chi connectivity index (χ0n) is 8.92. The molecule has 1 heterocycles. The van der Waals surface area contributed by atoms with E-state index in [1.54, 1.807) is 7.11 Å². The molecule has 1 aromatic rings.